The lowest BCUT2D eigenvalue weighted by Crippen LogP contribution is -2.38. The number of nitrogens with zero attached hydrogens (tertiary/aromatic N) is 1. The van der Waals surface area contributed by atoms with Crippen molar-refractivity contribution in [2.24, 2.45) is 0 Å². The summed E-state index contributed by atoms with van der Waals surface area (Å²) in [6.45, 7) is 6.59. The van der Waals surface area contributed by atoms with E-state index in [1.54, 1.807) is 18.2 Å². The van der Waals surface area contributed by atoms with Crippen molar-refractivity contribution in [3.8, 4) is 0 Å². The number of hydrogen-bond donors (Lipinski definition) is 3. The van der Waals surface area contributed by atoms with E-state index in [9.17, 15) is 19.5 Å². The molecule has 1 aliphatic heterocycles. The number of H-pyrrole nitrogens is 1. The fourth-order valence-corrected chi connectivity index (χ4v) is 3.81. The number of nitrogens with one attached hydrogen (secondary N) is 2. The lowest BCUT2D eigenvalue weighted by atomic mass is 9.90. The summed E-state index contributed by atoms with van der Waals surface area (Å²) >= 11 is 0. The molecule has 1 aliphatic rings. The van der Waals surface area contributed by atoms with Crippen LogP contribution < -0.4 is 10.2 Å². The van der Waals surface area contributed by atoms with Crippen LogP contribution in [0.4, 0.5) is 15.3 Å². The highest BCUT2D eigenvalue weighted by atomic mass is 16.6. The minimum Gasteiger partial charge on any atom is -0.481 e. The zero-order chi connectivity index (χ0) is 23.3. The van der Waals surface area contributed by atoms with Gasteiger partial charge in [0.05, 0.1) is 24.8 Å². The standard InChI is InChI=1S/C23H31N3O6/c1-4-6-10-31-22(29)26(23(30)32-11-7-5-2)15-8-9-18-16(12-15)19-17(21(27)28)13-24-14(3)20(19)25-18/h8-9,12,14,17,24-25H,4-7,10-11,13H2,1-3H3,(H,27,28). The molecule has 3 N–H and O–H groups in total. The second kappa shape index (κ2) is 10.5. The largest absolute Gasteiger partial charge is 0.481 e. The highest BCUT2D eigenvalue weighted by Crippen LogP contribution is 2.38. The van der Waals surface area contributed by atoms with E-state index in [1.807, 2.05) is 20.8 Å². The van der Waals surface area contributed by atoms with Gasteiger partial charge in [0.15, 0.2) is 0 Å². The Morgan fingerprint density at radius 3 is 2.28 bits per heavy atom. The number of unbranched alkanes of at least 4 members (excludes halogenated alkanes) is 2. The van der Waals surface area contributed by atoms with Gasteiger partial charge in [-0.1, -0.05) is 26.7 Å². The van der Waals surface area contributed by atoms with Gasteiger partial charge in [-0.15, -0.1) is 0 Å². The number of aromatic amines is 1. The minimum atomic E-state index is -0.938. The molecule has 174 valence electrons. The molecule has 0 radical (unpaired) electrons. The first-order chi connectivity index (χ1) is 15.4. The predicted molar refractivity (Wildman–Crippen MR) is 120 cm³/mol. The van der Waals surface area contributed by atoms with Crippen molar-refractivity contribution in [3.05, 3.63) is 29.5 Å². The maximum Gasteiger partial charge on any atom is 0.424 e. The molecule has 0 aliphatic carbocycles. The quantitative estimate of drug-likeness (QED) is 0.504. The number of aliphatic carboxylic acids is 1. The maximum absolute atomic E-state index is 12.8. The summed E-state index contributed by atoms with van der Waals surface area (Å²) in [5.74, 6) is -1.68. The van der Waals surface area contributed by atoms with E-state index in [-0.39, 0.29) is 24.9 Å². The molecule has 2 heterocycles. The third kappa shape index (κ3) is 4.88. The fourth-order valence-electron chi connectivity index (χ4n) is 3.81. The molecule has 0 saturated carbocycles. The number of carbonyl (C=O) groups excluding carboxylic acids is 2. The second-order valence-corrected chi connectivity index (χ2v) is 7.97. The normalized spacial score (nSPS) is 17.6. The topological polar surface area (TPSA) is 121 Å². The van der Waals surface area contributed by atoms with Gasteiger partial charge in [0, 0.05) is 29.2 Å². The molecule has 1 aromatic heterocycles. The molecule has 2 amide bonds. The maximum atomic E-state index is 12.8. The van der Waals surface area contributed by atoms with E-state index in [1.165, 1.54) is 0 Å². The number of carboxylic acid groups (broad SMARTS) is 1. The van der Waals surface area contributed by atoms with Gasteiger partial charge in [-0.25, -0.2) is 9.59 Å². The Morgan fingerprint density at radius 1 is 1.09 bits per heavy atom. The number of fused-ring (bicyclic) bond motifs is 3. The molecule has 0 fully saturated rings. The number of ether oxygens (including phenoxy) is 2. The smallest absolute Gasteiger partial charge is 0.424 e. The molecule has 3 rings (SSSR count). The van der Waals surface area contributed by atoms with Crippen molar-refractivity contribution in [1.29, 1.82) is 0 Å². The SMILES string of the molecule is CCCCOC(=O)N(C(=O)OCCCC)c1ccc2[nH]c3c(c2c1)C(C(=O)O)CNC3C. The molecule has 2 aromatic rings. The van der Waals surface area contributed by atoms with Crippen LogP contribution in [0, 0.1) is 0 Å². The Morgan fingerprint density at radius 2 is 1.72 bits per heavy atom. The van der Waals surface area contributed by atoms with Crippen LogP contribution in [-0.4, -0.2) is 48.0 Å². The zero-order valence-electron chi connectivity index (χ0n) is 18.8. The molecule has 32 heavy (non-hydrogen) atoms. The van der Waals surface area contributed by atoms with E-state index in [0.29, 0.717) is 30.3 Å². The minimum absolute atomic E-state index is 0.0504. The molecule has 0 bridgehead atoms. The van der Waals surface area contributed by atoms with Crippen LogP contribution in [0.15, 0.2) is 18.2 Å². The monoisotopic (exact) mass is 445 g/mol. The molecule has 9 heteroatoms. The van der Waals surface area contributed by atoms with Crippen LogP contribution in [-0.2, 0) is 14.3 Å². The van der Waals surface area contributed by atoms with E-state index in [0.717, 1.165) is 29.0 Å². The third-order valence-corrected chi connectivity index (χ3v) is 5.63. The summed E-state index contributed by atoms with van der Waals surface area (Å²) in [5, 5.41) is 13.6. The number of anilines is 1. The molecule has 0 saturated heterocycles. The average Bonchev–Trinajstić information content (AvgIpc) is 3.14. The fraction of sp³-hybridized carbons (Fsp3) is 0.522. The van der Waals surface area contributed by atoms with Crippen molar-refractivity contribution in [2.75, 3.05) is 24.7 Å². The zero-order valence-corrected chi connectivity index (χ0v) is 18.8. The second-order valence-electron chi connectivity index (χ2n) is 7.97. The lowest BCUT2D eigenvalue weighted by molar-refractivity contribution is -0.138. The van der Waals surface area contributed by atoms with Gasteiger partial charge in [-0.2, -0.15) is 4.90 Å². The van der Waals surface area contributed by atoms with Gasteiger partial charge >= 0.3 is 18.2 Å². The van der Waals surface area contributed by atoms with Crippen molar-refractivity contribution in [3.63, 3.8) is 0 Å². The Hall–Kier alpha value is -3.07. The van der Waals surface area contributed by atoms with Crippen molar-refractivity contribution in [1.82, 2.24) is 10.3 Å². The third-order valence-electron chi connectivity index (χ3n) is 5.63. The number of carbonyl (C=O) groups is 3. The molecule has 2 atom stereocenters. The van der Waals surface area contributed by atoms with Gasteiger partial charge in [0.25, 0.3) is 0 Å². The molecular weight excluding hydrogens is 414 g/mol. The Labute approximate surface area is 187 Å². The van der Waals surface area contributed by atoms with Crippen molar-refractivity contribution < 1.29 is 29.0 Å². The highest BCUT2D eigenvalue weighted by Gasteiger charge is 2.34. The van der Waals surface area contributed by atoms with Crippen LogP contribution >= 0.6 is 0 Å². The van der Waals surface area contributed by atoms with E-state index in [4.69, 9.17) is 9.47 Å². The summed E-state index contributed by atoms with van der Waals surface area (Å²) in [6, 6.07) is 4.96. The van der Waals surface area contributed by atoms with Crippen LogP contribution in [0.25, 0.3) is 10.9 Å². The molecular formula is C23H31N3O6. The number of carboxylic acids is 1. The van der Waals surface area contributed by atoms with E-state index >= 15 is 0 Å². The van der Waals surface area contributed by atoms with Crippen LogP contribution in [0.2, 0.25) is 0 Å². The van der Waals surface area contributed by atoms with Gasteiger partial charge in [0.2, 0.25) is 0 Å². The van der Waals surface area contributed by atoms with Crippen molar-refractivity contribution >= 4 is 34.7 Å². The lowest BCUT2D eigenvalue weighted by Gasteiger charge is -2.26. The van der Waals surface area contributed by atoms with Gasteiger partial charge < -0.3 is 24.9 Å². The first-order valence-electron chi connectivity index (χ1n) is 11.1. The Balaban J connectivity index is 2.02. The van der Waals surface area contributed by atoms with E-state index < -0.39 is 24.1 Å². The summed E-state index contributed by atoms with van der Waals surface area (Å²) in [5.41, 5.74) is 2.47. The van der Waals surface area contributed by atoms with Gasteiger partial charge in [-0.3, -0.25) is 4.79 Å². The van der Waals surface area contributed by atoms with Gasteiger partial charge in [0.1, 0.15) is 0 Å². The number of amides is 2. The van der Waals surface area contributed by atoms with Crippen LogP contribution in [0.3, 0.4) is 0 Å². The summed E-state index contributed by atoms with van der Waals surface area (Å²) in [7, 11) is 0. The Bertz CT molecular complexity index is 964. The van der Waals surface area contributed by atoms with Crippen LogP contribution in [0.5, 0.6) is 0 Å². The molecule has 1 aromatic carbocycles. The van der Waals surface area contributed by atoms with E-state index in [2.05, 4.69) is 10.3 Å². The first kappa shape index (κ1) is 23.6. The first-order valence-corrected chi connectivity index (χ1v) is 11.1. The molecule has 0 spiro atoms. The highest BCUT2D eigenvalue weighted by molar-refractivity contribution is 6.10. The number of hydrogen-bond acceptors (Lipinski definition) is 6. The molecule has 9 nitrogen and oxygen atoms in total. The Kier molecular flexibility index (Phi) is 7.74. The van der Waals surface area contributed by atoms with Gasteiger partial charge in [-0.05, 0) is 43.5 Å². The van der Waals surface area contributed by atoms with Crippen LogP contribution in [0.1, 0.15) is 69.7 Å². The number of aromatic nitrogens is 1. The number of imide groups is 1. The molecule has 2 unspecified atom stereocenters. The average molecular weight is 446 g/mol. The number of benzene rings is 1. The predicted octanol–water partition coefficient (Wildman–Crippen LogP) is 4.68. The summed E-state index contributed by atoms with van der Waals surface area (Å²) in [6.07, 6.45) is 1.43. The summed E-state index contributed by atoms with van der Waals surface area (Å²) in [4.78, 5) is 41.6. The summed E-state index contributed by atoms with van der Waals surface area (Å²) < 4.78 is 10.6. The number of rotatable bonds is 8. The van der Waals surface area contributed by atoms with Crippen molar-refractivity contribution in [2.45, 2.75) is 58.4 Å².